The number of aryl methyl sites for hydroxylation is 2. The number of rotatable bonds is 8. The molecule has 0 aromatic heterocycles. The van der Waals surface area contributed by atoms with E-state index in [1.54, 1.807) is 13.2 Å². The second kappa shape index (κ2) is 8.92. The lowest BCUT2D eigenvalue weighted by atomic mass is 9.96. The third-order valence-electron chi connectivity index (χ3n) is 3.94. The van der Waals surface area contributed by atoms with Crippen molar-refractivity contribution in [3.05, 3.63) is 46.5 Å². The molecular formula is C19H23ClO4. The highest BCUT2D eigenvalue weighted by Crippen LogP contribution is 2.38. The van der Waals surface area contributed by atoms with E-state index in [1.807, 2.05) is 24.3 Å². The molecule has 4 nitrogen and oxygen atoms in total. The van der Waals surface area contributed by atoms with Gasteiger partial charge in [0, 0.05) is 18.8 Å². The first-order valence-electron chi connectivity index (χ1n) is 8.01. The Kier molecular flexibility index (Phi) is 6.91. The van der Waals surface area contributed by atoms with Gasteiger partial charge >= 0.3 is 0 Å². The van der Waals surface area contributed by atoms with Crippen molar-refractivity contribution in [1.29, 1.82) is 0 Å². The predicted octanol–water partition coefficient (Wildman–Crippen LogP) is 3.57. The van der Waals surface area contributed by atoms with Crippen molar-refractivity contribution in [2.75, 3.05) is 20.3 Å². The summed E-state index contributed by atoms with van der Waals surface area (Å²) >= 11 is 6.16. The summed E-state index contributed by atoms with van der Waals surface area (Å²) < 4.78 is 5.37. The van der Waals surface area contributed by atoms with Crippen molar-refractivity contribution in [3.8, 4) is 22.6 Å². The average Bonchev–Trinajstić information content (AvgIpc) is 2.60. The van der Waals surface area contributed by atoms with Crippen LogP contribution in [0.5, 0.6) is 11.5 Å². The number of benzene rings is 2. The quantitative estimate of drug-likeness (QED) is 0.680. The molecule has 0 saturated carbocycles. The van der Waals surface area contributed by atoms with Crippen molar-refractivity contribution in [3.63, 3.8) is 0 Å². The van der Waals surface area contributed by atoms with Gasteiger partial charge in [-0.2, -0.15) is 0 Å². The first-order chi connectivity index (χ1) is 11.6. The third-order valence-corrected chi connectivity index (χ3v) is 4.23. The van der Waals surface area contributed by atoms with Gasteiger partial charge in [0.1, 0.15) is 11.5 Å². The zero-order valence-electron chi connectivity index (χ0n) is 13.8. The highest BCUT2D eigenvalue weighted by Gasteiger charge is 2.13. The second-order valence-corrected chi connectivity index (χ2v) is 6.06. The topological polar surface area (TPSA) is 69.9 Å². The molecule has 2 rings (SSSR count). The van der Waals surface area contributed by atoms with Crippen LogP contribution in [0.1, 0.15) is 24.0 Å². The van der Waals surface area contributed by atoms with Crippen LogP contribution in [-0.4, -0.2) is 35.6 Å². The highest BCUT2D eigenvalue weighted by molar-refractivity contribution is 6.32. The lowest BCUT2D eigenvalue weighted by Gasteiger charge is -2.13. The number of hydrogen-bond donors (Lipinski definition) is 3. The number of phenols is 1. The molecule has 3 N–H and O–H groups in total. The maximum atomic E-state index is 10.3. The Morgan fingerprint density at radius 2 is 1.71 bits per heavy atom. The highest BCUT2D eigenvalue weighted by atomic mass is 35.5. The van der Waals surface area contributed by atoms with Gasteiger partial charge in [-0.15, -0.1) is 0 Å². The number of aliphatic hydroxyl groups excluding tert-OH is 2. The number of ether oxygens (including phenoxy) is 1. The molecule has 0 saturated heterocycles. The maximum Gasteiger partial charge on any atom is 0.142 e. The van der Waals surface area contributed by atoms with E-state index in [0.717, 1.165) is 22.4 Å². The van der Waals surface area contributed by atoms with Crippen LogP contribution in [0.15, 0.2) is 30.3 Å². The van der Waals surface area contributed by atoms with Crippen LogP contribution < -0.4 is 4.74 Å². The zero-order valence-corrected chi connectivity index (χ0v) is 14.5. The van der Waals surface area contributed by atoms with E-state index in [0.29, 0.717) is 36.3 Å². The molecule has 24 heavy (non-hydrogen) atoms. The fraction of sp³-hybridized carbons (Fsp3) is 0.368. The summed E-state index contributed by atoms with van der Waals surface area (Å²) in [6, 6.07) is 9.31. The fourth-order valence-corrected chi connectivity index (χ4v) is 2.96. The summed E-state index contributed by atoms with van der Waals surface area (Å²) in [5.41, 5.74) is 3.44. The van der Waals surface area contributed by atoms with Gasteiger partial charge in [-0.1, -0.05) is 17.7 Å². The molecule has 0 fully saturated rings. The molecule has 0 aliphatic carbocycles. The fourth-order valence-electron chi connectivity index (χ4n) is 2.71. The molecule has 0 spiro atoms. The molecule has 0 bridgehead atoms. The first kappa shape index (κ1) is 18.6. The van der Waals surface area contributed by atoms with E-state index in [4.69, 9.17) is 26.6 Å². The molecule has 0 aliphatic rings. The van der Waals surface area contributed by atoms with Gasteiger partial charge < -0.3 is 20.1 Å². The van der Waals surface area contributed by atoms with E-state index in [1.165, 1.54) is 0 Å². The third kappa shape index (κ3) is 4.41. The summed E-state index contributed by atoms with van der Waals surface area (Å²) in [6.07, 6.45) is 2.66. The number of methoxy groups -OCH3 is 1. The van der Waals surface area contributed by atoms with Crippen molar-refractivity contribution < 1.29 is 20.1 Å². The molecule has 0 aliphatic heterocycles. The number of aliphatic hydroxyl groups is 2. The van der Waals surface area contributed by atoms with Crippen LogP contribution in [-0.2, 0) is 12.8 Å². The SMILES string of the molecule is COc1ccc(-c2cc(CCCO)cc(Cl)c2O)cc1CCCO. The molecule has 0 atom stereocenters. The minimum absolute atomic E-state index is 0.0442. The molecule has 0 amide bonds. The molecule has 0 heterocycles. The van der Waals surface area contributed by atoms with Crippen molar-refractivity contribution >= 4 is 11.6 Å². The number of halogens is 1. The minimum atomic E-state index is 0.0442. The second-order valence-electron chi connectivity index (χ2n) is 5.65. The number of hydrogen-bond acceptors (Lipinski definition) is 4. The Bertz CT molecular complexity index is 685. The zero-order chi connectivity index (χ0) is 17.5. The molecule has 0 radical (unpaired) electrons. The molecule has 2 aromatic rings. The summed E-state index contributed by atoms with van der Waals surface area (Å²) in [5.74, 6) is 0.803. The lowest BCUT2D eigenvalue weighted by Crippen LogP contribution is -1.96. The standard InChI is InChI=1S/C19H23ClO4/c1-24-18-7-6-14(12-15(18)5-3-9-22)16-10-13(4-2-8-21)11-17(20)19(16)23/h6-7,10-12,21-23H,2-5,8-9H2,1H3. The summed E-state index contributed by atoms with van der Waals surface area (Å²) in [7, 11) is 1.61. The maximum absolute atomic E-state index is 10.3. The Labute approximate surface area is 147 Å². The first-order valence-corrected chi connectivity index (χ1v) is 8.39. The molecule has 0 unspecified atom stereocenters. The van der Waals surface area contributed by atoms with E-state index >= 15 is 0 Å². The van der Waals surface area contributed by atoms with Crippen molar-refractivity contribution in [2.45, 2.75) is 25.7 Å². The van der Waals surface area contributed by atoms with Crippen LogP contribution in [0.25, 0.3) is 11.1 Å². The normalized spacial score (nSPS) is 10.8. The van der Waals surface area contributed by atoms with E-state index in [9.17, 15) is 5.11 Å². The average molecular weight is 351 g/mol. The molecular weight excluding hydrogens is 328 g/mol. The van der Waals surface area contributed by atoms with Crippen LogP contribution in [0.4, 0.5) is 0 Å². The Balaban J connectivity index is 2.44. The van der Waals surface area contributed by atoms with Crippen molar-refractivity contribution in [2.24, 2.45) is 0 Å². The smallest absolute Gasteiger partial charge is 0.142 e. The Hall–Kier alpha value is -1.75. The van der Waals surface area contributed by atoms with Crippen LogP contribution in [0.3, 0.4) is 0 Å². The monoisotopic (exact) mass is 350 g/mol. The van der Waals surface area contributed by atoms with Gasteiger partial charge in [-0.3, -0.25) is 0 Å². The van der Waals surface area contributed by atoms with Gasteiger partial charge in [0.05, 0.1) is 12.1 Å². The van der Waals surface area contributed by atoms with Crippen molar-refractivity contribution in [1.82, 2.24) is 0 Å². The van der Waals surface area contributed by atoms with Crippen LogP contribution in [0, 0.1) is 0 Å². The minimum Gasteiger partial charge on any atom is -0.506 e. The van der Waals surface area contributed by atoms with Gasteiger partial charge in [-0.05, 0) is 66.6 Å². The molecule has 2 aromatic carbocycles. The lowest BCUT2D eigenvalue weighted by molar-refractivity contribution is 0.287. The van der Waals surface area contributed by atoms with E-state index < -0.39 is 0 Å². The van der Waals surface area contributed by atoms with E-state index in [2.05, 4.69) is 0 Å². The van der Waals surface area contributed by atoms with Crippen LogP contribution >= 0.6 is 11.6 Å². The van der Waals surface area contributed by atoms with Gasteiger partial charge in [0.2, 0.25) is 0 Å². The van der Waals surface area contributed by atoms with Gasteiger partial charge in [-0.25, -0.2) is 0 Å². The molecule has 5 heteroatoms. The predicted molar refractivity (Wildman–Crippen MR) is 95.9 cm³/mol. The summed E-state index contributed by atoms with van der Waals surface area (Å²) in [5, 5.41) is 28.7. The summed E-state index contributed by atoms with van der Waals surface area (Å²) in [4.78, 5) is 0. The number of phenolic OH excluding ortho intramolecular Hbond substituents is 1. The molecule has 130 valence electrons. The van der Waals surface area contributed by atoms with Gasteiger partial charge in [0.15, 0.2) is 0 Å². The van der Waals surface area contributed by atoms with Gasteiger partial charge in [0.25, 0.3) is 0 Å². The van der Waals surface area contributed by atoms with Crippen LogP contribution in [0.2, 0.25) is 5.02 Å². The largest absolute Gasteiger partial charge is 0.506 e. The van der Waals surface area contributed by atoms with E-state index in [-0.39, 0.29) is 19.0 Å². The Morgan fingerprint density at radius 3 is 2.38 bits per heavy atom. The number of aromatic hydroxyl groups is 1. The Morgan fingerprint density at radius 1 is 1.00 bits per heavy atom. The summed E-state index contributed by atoms with van der Waals surface area (Å²) in [6.45, 7) is 0.225.